The van der Waals surface area contributed by atoms with Crippen molar-refractivity contribution in [3.8, 4) is 0 Å². The zero-order valence-electron chi connectivity index (χ0n) is 13.3. The van der Waals surface area contributed by atoms with Gasteiger partial charge in [0.05, 0.1) is 19.3 Å². The number of hydrogen-bond donors (Lipinski definition) is 1. The monoisotopic (exact) mass is 364 g/mol. The van der Waals surface area contributed by atoms with Gasteiger partial charge in [0.25, 0.3) is 5.91 Å². The van der Waals surface area contributed by atoms with E-state index in [2.05, 4.69) is 0 Å². The lowest BCUT2D eigenvalue weighted by Gasteiger charge is -2.34. The number of carboxylic acids is 1. The first-order valence-electron chi connectivity index (χ1n) is 7.35. The van der Waals surface area contributed by atoms with E-state index in [0.717, 1.165) is 4.90 Å². The molecule has 0 saturated carbocycles. The number of rotatable bonds is 5. The van der Waals surface area contributed by atoms with Crippen molar-refractivity contribution in [2.24, 2.45) is 0 Å². The van der Waals surface area contributed by atoms with Gasteiger partial charge < -0.3 is 14.7 Å². The van der Waals surface area contributed by atoms with E-state index in [9.17, 15) is 27.2 Å². The fraction of sp³-hybridized carbons (Fsp3) is 0.467. The van der Waals surface area contributed by atoms with E-state index in [-0.39, 0.29) is 38.9 Å². The van der Waals surface area contributed by atoms with Crippen LogP contribution in [0.3, 0.4) is 0 Å². The number of hydrogen-bond acceptors (Lipinski definition) is 4. The summed E-state index contributed by atoms with van der Waals surface area (Å²) in [5, 5.41) is 8.71. The van der Waals surface area contributed by atoms with Gasteiger partial charge in [0.15, 0.2) is 23.3 Å². The minimum absolute atomic E-state index is 0.0189. The zero-order chi connectivity index (χ0) is 18.7. The number of likely N-dealkylation sites (N-methyl/N-ethyl adjacent to an activating group) is 1. The summed E-state index contributed by atoms with van der Waals surface area (Å²) >= 11 is 0. The molecule has 1 N–H and O–H groups in total. The largest absolute Gasteiger partial charge is 0.480 e. The van der Waals surface area contributed by atoms with Gasteiger partial charge in [-0.2, -0.15) is 0 Å². The molecule has 1 saturated heterocycles. The third-order valence-corrected chi connectivity index (χ3v) is 3.67. The number of ether oxygens (including phenoxy) is 1. The molecule has 6 nitrogen and oxygen atoms in total. The number of amides is 1. The van der Waals surface area contributed by atoms with Crippen LogP contribution >= 0.6 is 0 Å². The van der Waals surface area contributed by atoms with Crippen molar-refractivity contribution in [2.45, 2.75) is 6.10 Å². The fourth-order valence-corrected chi connectivity index (χ4v) is 2.58. The topological polar surface area (TPSA) is 70.1 Å². The van der Waals surface area contributed by atoms with Gasteiger partial charge in [-0.25, -0.2) is 17.6 Å². The Balaban J connectivity index is 2.14. The second kappa shape index (κ2) is 7.79. The maximum absolute atomic E-state index is 13.8. The molecule has 1 aliphatic heterocycles. The molecule has 1 aliphatic rings. The van der Waals surface area contributed by atoms with Crippen molar-refractivity contribution in [1.82, 2.24) is 9.80 Å². The van der Waals surface area contributed by atoms with Crippen LogP contribution in [-0.2, 0) is 9.53 Å². The lowest BCUT2D eigenvalue weighted by atomic mass is 10.1. The van der Waals surface area contributed by atoms with E-state index in [0.29, 0.717) is 0 Å². The zero-order valence-corrected chi connectivity index (χ0v) is 13.3. The highest BCUT2D eigenvalue weighted by molar-refractivity contribution is 5.95. The molecule has 0 aliphatic carbocycles. The van der Waals surface area contributed by atoms with Crippen molar-refractivity contribution < 1.29 is 37.0 Å². The summed E-state index contributed by atoms with van der Waals surface area (Å²) < 4.78 is 59.5. The van der Waals surface area contributed by atoms with Gasteiger partial charge in [-0.15, -0.1) is 0 Å². The molecule has 1 amide bonds. The molecular weight excluding hydrogens is 348 g/mol. The van der Waals surface area contributed by atoms with Crippen LogP contribution in [0.15, 0.2) is 6.07 Å². The predicted molar refractivity (Wildman–Crippen MR) is 77.1 cm³/mol. The average Bonchev–Trinajstić information content (AvgIpc) is 2.52. The molecule has 0 aromatic heterocycles. The first-order chi connectivity index (χ1) is 11.7. The van der Waals surface area contributed by atoms with E-state index in [4.69, 9.17) is 9.84 Å². The molecule has 1 unspecified atom stereocenters. The van der Waals surface area contributed by atoms with E-state index in [1.165, 1.54) is 11.9 Å². The number of halogens is 4. The van der Waals surface area contributed by atoms with Crippen molar-refractivity contribution in [2.75, 3.05) is 39.8 Å². The molecule has 0 spiro atoms. The molecule has 1 atom stereocenters. The molecule has 0 radical (unpaired) electrons. The smallest absolute Gasteiger partial charge is 0.317 e. The quantitative estimate of drug-likeness (QED) is 0.626. The third kappa shape index (κ3) is 4.45. The maximum atomic E-state index is 13.8. The van der Waals surface area contributed by atoms with Gasteiger partial charge in [0.2, 0.25) is 0 Å². The van der Waals surface area contributed by atoms with Gasteiger partial charge in [-0.1, -0.05) is 0 Å². The third-order valence-electron chi connectivity index (χ3n) is 3.67. The molecular formula is C15H16F4N2O4. The van der Waals surface area contributed by atoms with Crippen molar-refractivity contribution in [3.63, 3.8) is 0 Å². The first kappa shape index (κ1) is 19.1. The summed E-state index contributed by atoms with van der Waals surface area (Å²) in [5.41, 5.74) is -1.29. The summed E-state index contributed by atoms with van der Waals surface area (Å²) in [7, 11) is 1.53. The number of nitrogens with zero attached hydrogens (tertiary/aromatic N) is 2. The minimum atomic E-state index is -1.75. The Kier molecular flexibility index (Phi) is 5.96. The van der Waals surface area contributed by atoms with Crippen LogP contribution in [-0.4, -0.2) is 72.7 Å². The van der Waals surface area contributed by atoms with Crippen LogP contribution < -0.4 is 0 Å². The SMILES string of the molecule is CN(CC(=O)O)CC1CN(C(=O)c2c(F)c(F)cc(F)c2F)CCO1. The molecule has 138 valence electrons. The van der Waals surface area contributed by atoms with Crippen LogP contribution in [0.5, 0.6) is 0 Å². The highest BCUT2D eigenvalue weighted by atomic mass is 19.2. The lowest BCUT2D eigenvalue weighted by Crippen LogP contribution is -2.50. The van der Waals surface area contributed by atoms with Gasteiger partial charge in [0, 0.05) is 25.7 Å². The van der Waals surface area contributed by atoms with Gasteiger partial charge >= 0.3 is 5.97 Å². The summed E-state index contributed by atoms with van der Waals surface area (Å²) in [6.07, 6.45) is -0.605. The Bertz CT molecular complexity index is 660. The Morgan fingerprint density at radius 3 is 2.44 bits per heavy atom. The molecule has 25 heavy (non-hydrogen) atoms. The Morgan fingerprint density at radius 2 is 1.88 bits per heavy atom. The minimum Gasteiger partial charge on any atom is -0.480 e. The summed E-state index contributed by atoms with van der Waals surface area (Å²) in [6.45, 7) is -0.183. The number of carbonyl (C=O) groups excluding carboxylic acids is 1. The standard InChI is InChI=1S/C15H16F4N2O4/c1-20(7-11(22)23)5-8-6-21(2-3-25-8)15(24)12-13(18)9(16)4-10(17)14(12)19/h4,8H,2-3,5-7H2,1H3,(H,22,23). The Labute approximate surface area is 140 Å². The molecule has 1 aromatic carbocycles. The van der Waals surface area contributed by atoms with Crippen LogP contribution in [0.4, 0.5) is 17.6 Å². The van der Waals surface area contributed by atoms with Crippen LogP contribution in [0.2, 0.25) is 0 Å². The highest BCUT2D eigenvalue weighted by Gasteiger charge is 2.32. The molecule has 1 heterocycles. The maximum Gasteiger partial charge on any atom is 0.317 e. The fourth-order valence-electron chi connectivity index (χ4n) is 2.58. The molecule has 0 bridgehead atoms. The van der Waals surface area contributed by atoms with Gasteiger partial charge in [0.1, 0.15) is 5.56 Å². The Morgan fingerprint density at radius 1 is 1.28 bits per heavy atom. The van der Waals surface area contributed by atoms with E-state index in [1.54, 1.807) is 0 Å². The van der Waals surface area contributed by atoms with E-state index >= 15 is 0 Å². The molecule has 10 heteroatoms. The summed E-state index contributed by atoms with van der Waals surface area (Å²) in [5.74, 6) is -9.07. The summed E-state index contributed by atoms with van der Waals surface area (Å²) in [4.78, 5) is 25.4. The Hall–Kier alpha value is -2.20. The van der Waals surface area contributed by atoms with Crippen LogP contribution in [0.25, 0.3) is 0 Å². The lowest BCUT2D eigenvalue weighted by molar-refractivity contribution is -0.138. The molecule has 1 fully saturated rings. The summed E-state index contributed by atoms with van der Waals surface area (Å²) in [6, 6.07) is 0.0322. The number of carboxylic acid groups (broad SMARTS) is 1. The van der Waals surface area contributed by atoms with Crippen LogP contribution in [0.1, 0.15) is 10.4 Å². The number of aliphatic carboxylic acids is 1. The van der Waals surface area contributed by atoms with Crippen molar-refractivity contribution >= 4 is 11.9 Å². The van der Waals surface area contributed by atoms with Gasteiger partial charge in [-0.05, 0) is 7.05 Å². The normalized spacial score (nSPS) is 17.8. The van der Waals surface area contributed by atoms with Gasteiger partial charge in [-0.3, -0.25) is 14.5 Å². The molecule has 2 rings (SSSR count). The van der Waals surface area contributed by atoms with E-state index in [1.807, 2.05) is 0 Å². The number of carbonyl (C=O) groups is 2. The molecule has 1 aromatic rings. The highest BCUT2D eigenvalue weighted by Crippen LogP contribution is 2.22. The van der Waals surface area contributed by atoms with Crippen molar-refractivity contribution in [1.29, 1.82) is 0 Å². The second-order valence-electron chi connectivity index (χ2n) is 5.68. The number of morpholine rings is 1. The van der Waals surface area contributed by atoms with Crippen molar-refractivity contribution in [3.05, 3.63) is 34.9 Å². The van der Waals surface area contributed by atoms with E-state index < -0.39 is 46.8 Å². The second-order valence-corrected chi connectivity index (χ2v) is 5.68. The predicted octanol–water partition coefficient (Wildman–Crippen LogP) is 1.10. The van der Waals surface area contributed by atoms with Crippen LogP contribution in [0, 0.1) is 23.3 Å². The first-order valence-corrected chi connectivity index (χ1v) is 7.35. The number of benzene rings is 1. The average molecular weight is 364 g/mol.